The number of hydrogen-bond donors (Lipinski definition) is 0. The van der Waals surface area contributed by atoms with E-state index < -0.39 is 18.1 Å². The molecule has 88 valence electrons. The Balaban J connectivity index is 3.34. The highest BCUT2D eigenvalue weighted by molar-refractivity contribution is 9.10. The summed E-state index contributed by atoms with van der Waals surface area (Å²) in [6.07, 6.45) is -2.72. The summed E-state index contributed by atoms with van der Waals surface area (Å²) in [6, 6.07) is 1.08. The Kier molecular flexibility index (Phi) is 4.61. The number of methoxy groups -OCH3 is 1. The zero-order valence-corrected chi connectivity index (χ0v) is 10.5. The quantitative estimate of drug-likeness (QED) is 0.635. The van der Waals surface area contributed by atoms with Crippen LogP contribution in [0.3, 0.4) is 0 Å². The zero-order valence-electron chi connectivity index (χ0n) is 8.14. The van der Waals surface area contributed by atoms with E-state index in [2.05, 4.69) is 25.7 Å². The van der Waals surface area contributed by atoms with Gasteiger partial charge in [0.25, 0.3) is 6.43 Å². The molecule has 1 rings (SSSR count). The van der Waals surface area contributed by atoms with Crippen molar-refractivity contribution in [2.75, 3.05) is 7.11 Å². The van der Waals surface area contributed by atoms with Crippen LogP contribution in [0.2, 0.25) is 0 Å². The number of aromatic nitrogens is 1. The molecule has 0 saturated carbocycles. The monoisotopic (exact) mass is 313 g/mol. The number of esters is 1. The van der Waals surface area contributed by atoms with E-state index in [1.54, 1.807) is 0 Å². The first kappa shape index (κ1) is 13.3. The standard InChI is InChI=1S/C9H7BrClF2NO2/c1-16-9(15)7-4(10)2-5(8(12)13)14-6(7)3-11/h2,8H,3H2,1H3. The lowest BCUT2D eigenvalue weighted by molar-refractivity contribution is 0.0597. The number of pyridine rings is 1. The lowest BCUT2D eigenvalue weighted by Crippen LogP contribution is -2.09. The van der Waals surface area contributed by atoms with Crippen LogP contribution >= 0.6 is 27.5 Å². The predicted octanol–water partition coefficient (Wildman–Crippen LogP) is 3.31. The van der Waals surface area contributed by atoms with Crippen LogP contribution in [0, 0.1) is 0 Å². The van der Waals surface area contributed by atoms with E-state index in [0.717, 1.165) is 6.07 Å². The number of hydrogen-bond acceptors (Lipinski definition) is 3. The average molecular weight is 315 g/mol. The lowest BCUT2D eigenvalue weighted by atomic mass is 10.2. The third kappa shape index (κ3) is 2.68. The fourth-order valence-corrected chi connectivity index (χ4v) is 1.93. The Bertz CT molecular complexity index is 415. The Hall–Kier alpha value is -0.750. The summed E-state index contributed by atoms with van der Waals surface area (Å²) in [5, 5.41) is 0. The van der Waals surface area contributed by atoms with Crippen LogP contribution in [0.25, 0.3) is 0 Å². The van der Waals surface area contributed by atoms with Gasteiger partial charge in [-0.25, -0.2) is 18.6 Å². The molecule has 1 heterocycles. The largest absolute Gasteiger partial charge is 0.465 e. The maximum Gasteiger partial charge on any atom is 0.340 e. The fourth-order valence-electron chi connectivity index (χ4n) is 1.11. The maximum absolute atomic E-state index is 12.4. The van der Waals surface area contributed by atoms with Crippen LogP contribution in [0.5, 0.6) is 0 Å². The van der Waals surface area contributed by atoms with Crippen LogP contribution in [0.15, 0.2) is 10.5 Å². The molecule has 0 saturated heterocycles. The second kappa shape index (κ2) is 5.54. The molecular weight excluding hydrogens is 307 g/mol. The first-order valence-corrected chi connectivity index (χ1v) is 5.45. The minimum atomic E-state index is -2.72. The fraction of sp³-hybridized carbons (Fsp3) is 0.333. The lowest BCUT2D eigenvalue weighted by Gasteiger charge is -2.09. The molecule has 0 unspecified atom stereocenters. The molecule has 0 aromatic carbocycles. The number of rotatable bonds is 3. The van der Waals surface area contributed by atoms with Crippen LogP contribution in [-0.2, 0) is 10.6 Å². The number of ether oxygens (including phenoxy) is 1. The van der Waals surface area contributed by atoms with Crippen molar-refractivity contribution in [1.29, 1.82) is 0 Å². The summed E-state index contributed by atoms with van der Waals surface area (Å²) in [5.41, 5.74) is -0.296. The van der Waals surface area contributed by atoms with Crippen molar-refractivity contribution in [3.63, 3.8) is 0 Å². The van der Waals surface area contributed by atoms with Crippen molar-refractivity contribution < 1.29 is 18.3 Å². The Morgan fingerprint density at radius 2 is 2.31 bits per heavy atom. The Morgan fingerprint density at radius 1 is 1.69 bits per heavy atom. The summed E-state index contributed by atoms with van der Waals surface area (Å²) in [7, 11) is 1.19. The van der Waals surface area contributed by atoms with Gasteiger partial charge in [0, 0.05) is 4.47 Å². The summed E-state index contributed by atoms with van der Waals surface area (Å²) in [4.78, 5) is 15.0. The smallest absolute Gasteiger partial charge is 0.340 e. The van der Waals surface area contributed by atoms with Gasteiger partial charge in [-0.15, -0.1) is 11.6 Å². The molecule has 1 aromatic heterocycles. The van der Waals surface area contributed by atoms with Gasteiger partial charge in [-0.1, -0.05) is 0 Å². The van der Waals surface area contributed by atoms with Crippen LogP contribution < -0.4 is 0 Å². The van der Waals surface area contributed by atoms with Crippen LogP contribution in [0.4, 0.5) is 8.78 Å². The topological polar surface area (TPSA) is 39.2 Å². The zero-order chi connectivity index (χ0) is 12.3. The molecule has 0 radical (unpaired) electrons. The molecule has 0 aliphatic heterocycles. The number of carbonyl (C=O) groups excluding carboxylic acids is 1. The highest BCUT2D eigenvalue weighted by atomic mass is 79.9. The molecular formula is C9H7BrClF2NO2. The van der Waals surface area contributed by atoms with Gasteiger partial charge in [0.15, 0.2) is 0 Å². The minimum absolute atomic E-state index is 0.0678. The van der Waals surface area contributed by atoms with Crippen LogP contribution in [-0.4, -0.2) is 18.1 Å². The minimum Gasteiger partial charge on any atom is -0.465 e. The second-order valence-electron chi connectivity index (χ2n) is 2.78. The molecule has 0 amide bonds. The summed E-state index contributed by atoms with van der Waals surface area (Å²) in [5.74, 6) is -0.820. The SMILES string of the molecule is COC(=O)c1c(Br)cc(C(F)F)nc1CCl. The van der Waals surface area contributed by atoms with Crippen molar-refractivity contribution in [2.45, 2.75) is 12.3 Å². The number of alkyl halides is 3. The number of nitrogens with zero attached hydrogens (tertiary/aromatic N) is 1. The number of carbonyl (C=O) groups is 1. The molecule has 0 atom stereocenters. The van der Waals surface area contributed by atoms with Crippen LogP contribution in [0.1, 0.15) is 28.2 Å². The van der Waals surface area contributed by atoms with Crippen molar-refractivity contribution in [3.05, 3.63) is 27.5 Å². The van der Waals surface area contributed by atoms with Gasteiger partial charge in [0.05, 0.1) is 24.2 Å². The first-order chi connectivity index (χ1) is 7.51. The number of halogens is 4. The van der Waals surface area contributed by atoms with Crippen molar-refractivity contribution in [1.82, 2.24) is 4.98 Å². The highest BCUT2D eigenvalue weighted by Crippen LogP contribution is 2.27. The third-order valence-corrected chi connectivity index (χ3v) is 2.68. The van der Waals surface area contributed by atoms with Gasteiger partial charge >= 0.3 is 5.97 Å². The molecule has 3 nitrogen and oxygen atoms in total. The molecule has 1 aromatic rings. The molecule has 0 aliphatic rings. The highest BCUT2D eigenvalue weighted by Gasteiger charge is 2.21. The van der Waals surface area contributed by atoms with E-state index in [0.29, 0.717) is 0 Å². The van der Waals surface area contributed by atoms with Crippen molar-refractivity contribution in [3.8, 4) is 0 Å². The van der Waals surface area contributed by atoms with Gasteiger partial charge in [-0.3, -0.25) is 0 Å². The van der Waals surface area contributed by atoms with Gasteiger partial charge in [-0.05, 0) is 22.0 Å². The molecule has 0 bridgehead atoms. The predicted molar refractivity (Wildman–Crippen MR) is 57.8 cm³/mol. The van der Waals surface area contributed by atoms with E-state index in [-0.39, 0.29) is 21.6 Å². The molecule has 0 spiro atoms. The van der Waals surface area contributed by atoms with Crippen molar-refractivity contribution in [2.24, 2.45) is 0 Å². The molecule has 0 N–H and O–H groups in total. The molecule has 16 heavy (non-hydrogen) atoms. The van der Waals surface area contributed by atoms with E-state index in [4.69, 9.17) is 11.6 Å². The first-order valence-electron chi connectivity index (χ1n) is 4.13. The van der Waals surface area contributed by atoms with Crippen molar-refractivity contribution >= 4 is 33.5 Å². The Labute approximate surface area is 104 Å². The molecule has 0 aliphatic carbocycles. The Morgan fingerprint density at radius 3 is 2.75 bits per heavy atom. The van der Waals surface area contributed by atoms with E-state index in [1.807, 2.05) is 0 Å². The summed E-state index contributed by atoms with van der Waals surface area (Å²) < 4.78 is 29.6. The average Bonchev–Trinajstić information content (AvgIpc) is 2.26. The maximum atomic E-state index is 12.4. The van der Waals surface area contributed by atoms with Gasteiger partial charge in [0.1, 0.15) is 5.69 Å². The normalized spacial score (nSPS) is 10.6. The van der Waals surface area contributed by atoms with E-state index in [9.17, 15) is 13.6 Å². The molecule has 0 fully saturated rings. The molecule has 7 heteroatoms. The third-order valence-electron chi connectivity index (χ3n) is 1.81. The van der Waals surface area contributed by atoms with Gasteiger partial charge < -0.3 is 4.74 Å². The second-order valence-corrected chi connectivity index (χ2v) is 3.90. The van der Waals surface area contributed by atoms with E-state index >= 15 is 0 Å². The summed E-state index contributed by atoms with van der Waals surface area (Å²) in [6.45, 7) is 0. The van der Waals surface area contributed by atoms with E-state index in [1.165, 1.54) is 7.11 Å². The van der Waals surface area contributed by atoms with Gasteiger partial charge in [0.2, 0.25) is 0 Å². The summed E-state index contributed by atoms with van der Waals surface area (Å²) >= 11 is 8.56. The van der Waals surface area contributed by atoms with Gasteiger partial charge in [-0.2, -0.15) is 0 Å².